The molecule has 0 saturated heterocycles. The van der Waals surface area contributed by atoms with Crippen molar-refractivity contribution >= 4 is 0 Å². The molecule has 0 saturated carbocycles. The summed E-state index contributed by atoms with van der Waals surface area (Å²) in [7, 11) is 0. The molecule has 4 nitrogen and oxygen atoms in total. The Morgan fingerprint density at radius 1 is 1.30 bits per heavy atom. The largest absolute Gasteiger partial charge is 0.485 e. The number of para-hydroxylation sites is 1. The maximum absolute atomic E-state index is 5.82. The molecule has 1 aromatic carbocycles. The number of hydrogen-bond donors (Lipinski definition) is 1. The Labute approximate surface area is 120 Å². The molecule has 0 spiro atoms. The van der Waals surface area contributed by atoms with Crippen molar-refractivity contribution in [1.82, 2.24) is 10.5 Å². The summed E-state index contributed by atoms with van der Waals surface area (Å²) in [6.07, 6.45) is 0. The van der Waals surface area contributed by atoms with E-state index in [-0.39, 0.29) is 0 Å². The number of rotatable bonds is 7. The highest BCUT2D eigenvalue weighted by Crippen LogP contribution is 2.19. The van der Waals surface area contributed by atoms with Crippen molar-refractivity contribution in [2.75, 3.05) is 6.54 Å². The third-order valence-electron chi connectivity index (χ3n) is 2.89. The first-order valence-corrected chi connectivity index (χ1v) is 6.98. The van der Waals surface area contributed by atoms with E-state index >= 15 is 0 Å². The lowest BCUT2D eigenvalue weighted by molar-refractivity contribution is 0.246. The van der Waals surface area contributed by atoms with Gasteiger partial charge in [-0.1, -0.05) is 37.2 Å². The van der Waals surface area contributed by atoms with E-state index in [4.69, 9.17) is 9.26 Å². The van der Waals surface area contributed by atoms with Gasteiger partial charge in [-0.25, -0.2) is 0 Å². The van der Waals surface area contributed by atoms with E-state index in [0.717, 1.165) is 35.9 Å². The van der Waals surface area contributed by atoms with Crippen LogP contribution in [0.5, 0.6) is 5.75 Å². The third kappa shape index (κ3) is 4.38. The van der Waals surface area contributed by atoms with Crippen molar-refractivity contribution in [3.05, 3.63) is 47.3 Å². The number of aromatic nitrogens is 1. The molecule has 0 unspecified atom stereocenters. The van der Waals surface area contributed by atoms with Crippen molar-refractivity contribution in [2.45, 2.75) is 33.9 Å². The highest BCUT2D eigenvalue weighted by Gasteiger charge is 2.06. The molecule has 0 bridgehead atoms. The molecule has 0 aliphatic heterocycles. The van der Waals surface area contributed by atoms with E-state index in [1.54, 1.807) is 0 Å². The van der Waals surface area contributed by atoms with E-state index in [2.05, 4.69) is 30.4 Å². The summed E-state index contributed by atoms with van der Waals surface area (Å²) < 4.78 is 11.0. The van der Waals surface area contributed by atoms with Crippen LogP contribution in [-0.2, 0) is 13.2 Å². The summed E-state index contributed by atoms with van der Waals surface area (Å²) in [5, 5.41) is 7.28. The smallest absolute Gasteiger partial charge is 0.174 e. The van der Waals surface area contributed by atoms with Crippen LogP contribution in [0.25, 0.3) is 0 Å². The van der Waals surface area contributed by atoms with E-state index in [9.17, 15) is 0 Å². The second kappa shape index (κ2) is 7.10. The molecule has 0 aliphatic carbocycles. The lowest BCUT2D eigenvalue weighted by atomic mass is 10.2. The first kappa shape index (κ1) is 14.6. The minimum absolute atomic E-state index is 0.405. The van der Waals surface area contributed by atoms with Gasteiger partial charge in [0.1, 0.15) is 12.4 Å². The fourth-order valence-corrected chi connectivity index (χ4v) is 1.92. The highest BCUT2D eigenvalue weighted by molar-refractivity contribution is 5.33. The molecule has 2 aromatic rings. The quantitative estimate of drug-likeness (QED) is 0.841. The van der Waals surface area contributed by atoms with Gasteiger partial charge in [-0.3, -0.25) is 0 Å². The monoisotopic (exact) mass is 274 g/mol. The summed E-state index contributed by atoms with van der Waals surface area (Å²) in [6, 6.07) is 9.95. The SMILES string of the molecule is Cc1cc(COc2ccccc2CNCC(C)C)on1. The Morgan fingerprint density at radius 2 is 2.10 bits per heavy atom. The van der Waals surface area contributed by atoms with Gasteiger partial charge in [-0.15, -0.1) is 0 Å². The van der Waals surface area contributed by atoms with Crippen LogP contribution in [0.15, 0.2) is 34.9 Å². The third-order valence-corrected chi connectivity index (χ3v) is 2.89. The van der Waals surface area contributed by atoms with Gasteiger partial charge in [0.05, 0.1) is 5.69 Å². The van der Waals surface area contributed by atoms with Crippen LogP contribution in [0.1, 0.15) is 30.9 Å². The zero-order valence-electron chi connectivity index (χ0n) is 12.3. The average molecular weight is 274 g/mol. The van der Waals surface area contributed by atoms with Gasteiger partial charge in [0.2, 0.25) is 0 Å². The van der Waals surface area contributed by atoms with Crippen LogP contribution in [0, 0.1) is 12.8 Å². The maximum Gasteiger partial charge on any atom is 0.174 e. The van der Waals surface area contributed by atoms with Crippen molar-refractivity contribution < 1.29 is 9.26 Å². The molecule has 4 heteroatoms. The van der Waals surface area contributed by atoms with Gasteiger partial charge in [-0.2, -0.15) is 0 Å². The normalized spacial score (nSPS) is 11.0. The van der Waals surface area contributed by atoms with Crippen LogP contribution in [0.4, 0.5) is 0 Å². The second-order valence-electron chi connectivity index (χ2n) is 5.36. The standard InChI is InChI=1S/C16H22N2O2/c1-12(2)9-17-10-14-6-4-5-7-16(14)19-11-15-8-13(3)18-20-15/h4-8,12,17H,9-11H2,1-3H3. The molecule has 20 heavy (non-hydrogen) atoms. The first-order valence-electron chi connectivity index (χ1n) is 6.98. The van der Waals surface area contributed by atoms with Crippen molar-refractivity contribution in [1.29, 1.82) is 0 Å². The zero-order valence-corrected chi connectivity index (χ0v) is 12.3. The van der Waals surface area contributed by atoms with Crippen LogP contribution < -0.4 is 10.1 Å². The zero-order chi connectivity index (χ0) is 14.4. The van der Waals surface area contributed by atoms with Crippen LogP contribution >= 0.6 is 0 Å². The van der Waals surface area contributed by atoms with E-state index < -0.39 is 0 Å². The van der Waals surface area contributed by atoms with Crippen LogP contribution in [0.2, 0.25) is 0 Å². The van der Waals surface area contributed by atoms with E-state index in [1.165, 1.54) is 0 Å². The minimum Gasteiger partial charge on any atom is -0.485 e. The molecule has 0 aliphatic rings. The van der Waals surface area contributed by atoms with Gasteiger partial charge in [-0.05, 0) is 25.5 Å². The van der Waals surface area contributed by atoms with Gasteiger partial charge >= 0.3 is 0 Å². The molecular weight excluding hydrogens is 252 g/mol. The predicted octanol–water partition coefficient (Wildman–Crippen LogP) is 3.31. The molecule has 0 radical (unpaired) electrons. The number of nitrogens with one attached hydrogen (secondary N) is 1. The lowest BCUT2D eigenvalue weighted by Gasteiger charge is -2.12. The number of ether oxygens (including phenoxy) is 1. The summed E-state index contributed by atoms with van der Waals surface area (Å²) >= 11 is 0. The summed E-state index contributed by atoms with van der Waals surface area (Å²) in [6.45, 7) is 8.50. The van der Waals surface area contributed by atoms with Gasteiger partial charge in [0.15, 0.2) is 5.76 Å². The van der Waals surface area contributed by atoms with E-state index in [0.29, 0.717) is 12.5 Å². The summed E-state index contributed by atoms with van der Waals surface area (Å²) in [4.78, 5) is 0. The van der Waals surface area contributed by atoms with Gasteiger partial charge in [0.25, 0.3) is 0 Å². The number of aryl methyl sites for hydroxylation is 1. The molecule has 0 fully saturated rings. The second-order valence-corrected chi connectivity index (χ2v) is 5.36. The van der Waals surface area contributed by atoms with Crippen LogP contribution in [-0.4, -0.2) is 11.7 Å². The van der Waals surface area contributed by atoms with Gasteiger partial charge in [0, 0.05) is 18.2 Å². The molecule has 2 rings (SSSR count). The molecule has 1 N–H and O–H groups in total. The molecule has 1 aromatic heterocycles. The predicted molar refractivity (Wildman–Crippen MR) is 78.6 cm³/mol. The van der Waals surface area contributed by atoms with Crippen LogP contribution in [0.3, 0.4) is 0 Å². The molecule has 1 heterocycles. The number of nitrogens with zero attached hydrogens (tertiary/aromatic N) is 1. The molecule has 0 amide bonds. The Bertz CT molecular complexity index is 535. The average Bonchev–Trinajstić information content (AvgIpc) is 2.83. The van der Waals surface area contributed by atoms with Gasteiger partial charge < -0.3 is 14.6 Å². The summed E-state index contributed by atoms with van der Waals surface area (Å²) in [5.41, 5.74) is 2.03. The highest BCUT2D eigenvalue weighted by atomic mass is 16.5. The maximum atomic E-state index is 5.82. The minimum atomic E-state index is 0.405. The molecule has 108 valence electrons. The Hall–Kier alpha value is -1.81. The first-order chi connectivity index (χ1) is 9.65. The van der Waals surface area contributed by atoms with E-state index in [1.807, 2.05) is 31.2 Å². The summed E-state index contributed by atoms with van der Waals surface area (Å²) in [5.74, 6) is 2.27. The topological polar surface area (TPSA) is 47.3 Å². The number of benzene rings is 1. The molecular formula is C16H22N2O2. The van der Waals surface area contributed by atoms with Crippen molar-refractivity contribution in [2.24, 2.45) is 5.92 Å². The fraction of sp³-hybridized carbons (Fsp3) is 0.438. The van der Waals surface area contributed by atoms with Crippen molar-refractivity contribution in [3.8, 4) is 5.75 Å². The Morgan fingerprint density at radius 3 is 2.80 bits per heavy atom. The lowest BCUT2D eigenvalue weighted by Crippen LogP contribution is -2.19. The Balaban J connectivity index is 1.93. The van der Waals surface area contributed by atoms with Crippen molar-refractivity contribution in [3.63, 3.8) is 0 Å². The number of hydrogen-bond acceptors (Lipinski definition) is 4. The Kier molecular flexibility index (Phi) is 5.18. The molecule has 0 atom stereocenters. The fourth-order valence-electron chi connectivity index (χ4n) is 1.92.